The third kappa shape index (κ3) is 2.86. The molecule has 0 saturated carbocycles. The van der Waals surface area contributed by atoms with Crippen LogP contribution in [0.5, 0.6) is 0 Å². The van der Waals surface area contributed by atoms with E-state index in [1.54, 1.807) is 24.3 Å². The molecule has 3 rings (SSSR count). The van der Waals surface area contributed by atoms with Gasteiger partial charge >= 0.3 is 0 Å². The minimum Gasteiger partial charge on any atom is -0.380 e. The summed E-state index contributed by atoms with van der Waals surface area (Å²) in [5.74, 6) is -0.478. The van der Waals surface area contributed by atoms with Gasteiger partial charge in [-0.1, -0.05) is 47.5 Å². The lowest BCUT2D eigenvalue weighted by Crippen LogP contribution is -2.29. The van der Waals surface area contributed by atoms with E-state index >= 15 is 0 Å². The van der Waals surface area contributed by atoms with Gasteiger partial charge in [-0.3, -0.25) is 9.59 Å². The highest BCUT2D eigenvalue weighted by Gasteiger charge is 2.30. The van der Waals surface area contributed by atoms with Crippen LogP contribution < -0.4 is 5.32 Å². The molecule has 1 aromatic rings. The van der Waals surface area contributed by atoms with Crippen LogP contribution in [0.2, 0.25) is 0 Å². The van der Waals surface area contributed by atoms with Crippen molar-refractivity contribution in [1.29, 1.82) is 0 Å². The fourth-order valence-corrected chi connectivity index (χ4v) is 3.24. The van der Waals surface area contributed by atoms with Crippen molar-refractivity contribution in [3.05, 3.63) is 57.8 Å². The fraction of sp³-hybridized carbons (Fsp3) is 0.333. The van der Waals surface area contributed by atoms with Gasteiger partial charge in [-0.15, -0.1) is 0 Å². The lowest BCUT2D eigenvalue weighted by molar-refractivity contribution is 0.0975. The van der Waals surface area contributed by atoms with E-state index in [2.05, 4.69) is 11.4 Å². The Bertz CT molecular complexity index is 688. The molecule has 3 nitrogen and oxygen atoms in total. The summed E-state index contributed by atoms with van der Waals surface area (Å²) in [5.41, 5.74) is 2.47. The first-order valence-corrected chi connectivity index (χ1v) is 8.06. The first kappa shape index (κ1) is 15.0. The number of hydrogen-bond acceptors (Lipinski definition) is 3. The van der Waals surface area contributed by atoms with E-state index in [1.165, 1.54) is 18.4 Å². The van der Waals surface area contributed by atoms with Gasteiger partial charge < -0.3 is 5.32 Å². The van der Waals surface area contributed by atoms with Crippen LogP contribution in [0, 0.1) is 0 Å². The van der Waals surface area contributed by atoms with E-state index in [-0.39, 0.29) is 22.3 Å². The van der Waals surface area contributed by atoms with Crippen LogP contribution in [0.4, 0.5) is 0 Å². The molecule has 0 heterocycles. The van der Waals surface area contributed by atoms with E-state index < -0.39 is 0 Å². The summed E-state index contributed by atoms with van der Waals surface area (Å²) in [6.07, 6.45) is 7.94. The molecule has 2 aliphatic carbocycles. The maximum Gasteiger partial charge on any atom is 0.211 e. The second kappa shape index (κ2) is 6.49. The summed E-state index contributed by atoms with van der Waals surface area (Å²) in [6.45, 7) is 0.624. The van der Waals surface area contributed by atoms with Crippen LogP contribution in [-0.2, 0) is 0 Å². The predicted molar refractivity (Wildman–Crippen MR) is 87.2 cm³/mol. The Balaban J connectivity index is 1.73. The second-order valence-electron chi connectivity index (χ2n) is 5.68. The minimum atomic E-state index is -0.281. The van der Waals surface area contributed by atoms with E-state index in [4.69, 9.17) is 11.6 Å². The van der Waals surface area contributed by atoms with E-state index in [1.807, 2.05) is 0 Å². The van der Waals surface area contributed by atoms with E-state index in [0.717, 1.165) is 19.3 Å². The molecule has 0 unspecified atom stereocenters. The van der Waals surface area contributed by atoms with Crippen molar-refractivity contribution in [2.45, 2.75) is 32.1 Å². The highest BCUT2D eigenvalue weighted by molar-refractivity contribution is 6.49. The van der Waals surface area contributed by atoms with Crippen molar-refractivity contribution in [2.75, 3.05) is 6.54 Å². The third-order valence-electron chi connectivity index (χ3n) is 4.20. The average molecular weight is 316 g/mol. The number of benzene rings is 1. The van der Waals surface area contributed by atoms with Gasteiger partial charge in [0.15, 0.2) is 0 Å². The van der Waals surface area contributed by atoms with Gasteiger partial charge in [-0.05, 0) is 32.1 Å². The van der Waals surface area contributed by atoms with Crippen molar-refractivity contribution < 1.29 is 9.59 Å². The van der Waals surface area contributed by atoms with Crippen molar-refractivity contribution in [3.63, 3.8) is 0 Å². The molecule has 0 bridgehead atoms. The number of carbonyl (C=O) groups is 2. The molecule has 2 aliphatic rings. The molecule has 1 N–H and O–H groups in total. The van der Waals surface area contributed by atoms with Crippen LogP contribution in [-0.4, -0.2) is 18.1 Å². The molecule has 0 atom stereocenters. The van der Waals surface area contributed by atoms with Gasteiger partial charge in [0, 0.05) is 17.7 Å². The molecule has 0 radical (unpaired) electrons. The summed E-state index contributed by atoms with van der Waals surface area (Å²) in [7, 11) is 0. The van der Waals surface area contributed by atoms with E-state index in [9.17, 15) is 9.59 Å². The topological polar surface area (TPSA) is 46.2 Å². The third-order valence-corrected chi connectivity index (χ3v) is 4.56. The molecule has 0 fully saturated rings. The summed E-state index contributed by atoms with van der Waals surface area (Å²) in [4.78, 5) is 24.7. The molecule has 0 saturated heterocycles. The largest absolute Gasteiger partial charge is 0.380 e. The number of allylic oxidation sites excluding steroid dienone is 3. The van der Waals surface area contributed by atoms with Gasteiger partial charge in [-0.2, -0.15) is 0 Å². The maximum atomic E-state index is 12.5. The molecular formula is C18H18ClNO2. The fourth-order valence-electron chi connectivity index (χ4n) is 2.98. The van der Waals surface area contributed by atoms with Gasteiger partial charge in [-0.25, -0.2) is 0 Å². The first-order chi connectivity index (χ1) is 10.7. The SMILES string of the molecule is O=C1C(Cl)=C(NCCC2=CCCCC2)C(=O)c2ccccc21. The number of nitrogens with one attached hydrogen (secondary N) is 1. The van der Waals surface area contributed by atoms with E-state index in [0.29, 0.717) is 17.7 Å². The summed E-state index contributed by atoms with van der Waals surface area (Å²) in [6, 6.07) is 6.81. The molecule has 22 heavy (non-hydrogen) atoms. The van der Waals surface area contributed by atoms with Gasteiger partial charge in [0.1, 0.15) is 10.7 Å². The zero-order valence-corrected chi connectivity index (χ0v) is 13.1. The van der Waals surface area contributed by atoms with Crippen molar-refractivity contribution in [3.8, 4) is 0 Å². The average Bonchev–Trinajstić information content (AvgIpc) is 2.57. The molecule has 0 amide bonds. The molecule has 0 spiro atoms. The Hall–Kier alpha value is -1.87. The number of ketones is 2. The molecular weight excluding hydrogens is 298 g/mol. The van der Waals surface area contributed by atoms with Crippen molar-refractivity contribution in [2.24, 2.45) is 0 Å². The Kier molecular flexibility index (Phi) is 4.44. The Labute approximate surface area is 135 Å². The normalized spacial score (nSPS) is 18.1. The quantitative estimate of drug-likeness (QED) is 0.854. The van der Waals surface area contributed by atoms with Crippen LogP contribution in [0.25, 0.3) is 0 Å². The van der Waals surface area contributed by atoms with Crippen LogP contribution >= 0.6 is 11.6 Å². The molecule has 114 valence electrons. The lowest BCUT2D eigenvalue weighted by Gasteiger charge is -2.19. The number of hydrogen-bond donors (Lipinski definition) is 1. The van der Waals surface area contributed by atoms with Gasteiger partial charge in [0.2, 0.25) is 11.6 Å². The molecule has 0 aromatic heterocycles. The van der Waals surface area contributed by atoms with Crippen LogP contribution in [0.3, 0.4) is 0 Å². The highest BCUT2D eigenvalue weighted by Crippen LogP contribution is 2.27. The standard InChI is InChI=1S/C18H18ClNO2/c19-15-16(20-11-10-12-6-2-1-3-7-12)18(22)14-9-5-4-8-13(14)17(15)21/h4-6,8-9,20H,1-3,7,10-11H2. The lowest BCUT2D eigenvalue weighted by atomic mass is 9.92. The number of Topliss-reactive ketones (excluding diaryl/α,β-unsaturated/α-hetero) is 2. The Morgan fingerprint density at radius 3 is 2.45 bits per heavy atom. The second-order valence-corrected chi connectivity index (χ2v) is 6.06. The Morgan fingerprint density at radius 2 is 1.77 bits per heavy atom. The maximum absolute atomic E-state index is 12.5. The van der Waals surface area contributed by atoms with Crippen LogP contribution in [0.1, 0.15) is 52.8 Å². The number of rotatable bonds is 4. The first-order valence-electron chi connectivity index (χ1n) is 7.68. The Morgan fingerprint density at radius 1 is 1.05 bits per heavy atom. The monoisotopic (exact) mass is 315 g/mol. The molecule has 4 heteroatoms. The summed E-state index contributed by atoms with van der Waals surface area (Å²) >= 11 is 6.11. The predicted octanol–water partition coefficient (Wildman–Crippen LogP) is 4.00. The van der Waals surface area contributed by atoms with Gasteiger partial charge in [0.05, 0.1) is 0 Å². The number of halogens is 1. The van der Waals surface area contributed by atoms with Gasteiger partial charge in [0.25, 0.3) is 0 Å². The van der Waals surface area contributed by atoms with Crippen molar-refractivity contribution in [1.82, 2.24) is 5.32 Å². The number of carbonyl (C=O) groups excluding carboxylic acids is 2. The van der Waals surface area contributed by atoms with Crippen LogP contribution in [0.15, 0.2) is 46.6 Å². The molecule has 0 aliphatic heterocycles. The molecule has 1 aromatic carbocycles. The zero-order chi connectivity index (χ0) is 15.5. The zero-order valence-electron chi connectivity index (χ0n) is 12.3. The van der Waals surface area contributed by atoms with Crippen molar-refractivity contribution >= 4 is 23.2 Å². The highest BCUT2D eigenvalue weighted by atomic mass is 35.5. The smallest absolute Gasteiger partial charge is 0.211 e. The summed E-state index contributed by atoms with van der Waals surface area (Å²) < 4.78 is 0. The number of fused-ring (bicyclic) bond motifs is 1. The summed E-state index contributed by atoms with van der Waals surface area (Å²) in [5, 5.41) is 3.08. The minimum absolute atomic E-state index is 0.00123.